The molecule has 0 saturated carbocycles. The van der Waals surface area contributed by atoms with Gasteiger partial charge in [0.25, 0.3) is 0 Å². The van der Waals surface area contributed by atoms with Crippen molar-refractivity contribution in [3.05, 3.63) is 20.8 Å². The molecule has 0 unspecified atom stereocenters. The van der Waals surface area contributed by atoms with Crippen LogP contribution in [0.2, 0.25) is 4.34 Å². The molecule has 0 bridgehead atoms. The van der Waals surface area contributed by atoms with E-state index < -0.39 is 5.97 Å². The van der Waals surface area contributed by atoms with Gasteiger partial charge in [-0.15, -0.1) is 11.3 Å². The highest BCUT2D eigenvalue weighted by Gasteiger charge is 2.23. The van der Waals surface area contributed by atoms with Gasteiger partial charge >= 0.3 is 5.97 Å². The van der Waals surface area contributed by atoms with Crippen LogP contribution in [-0.2, 0) is 17.9 Å². The Kier molecular flexibility index (Phi) is 2.27. The molecule has 1 aromatic heterocycles. The highest BCUT2D eigenvalue weighted by atomic mass is 35.5. The topological polar surface area (TPSA) is 40.5 Å². The molecule has 0 amide bonds. The number of carbonyl (C=O) groups is 1. The molecule has 0 atom stereocenters. The molecule has 0 aliphatic carbocycles. The van der Waals surface area contributed by atoms with E-state index >= 15 is 0 Å². The summed E-state index contributed by atoms with van der Waals surface area (Å²) in [6.45, 7) is 1.48. The van der Waals surface area contributed by atoms with Crippen LogP contribution in [0.4, 0.5) is 0 Å². The Morgan fingerprint density at radius 1 is 1.69 bits per heavy atom. The van der Waals surface area contributed by atoms with E-state index in [0.717, 1.165) is 9.90 Å². The van der Waals surface area contributed by atoms with Gasteiger partial charge in [-0.2, -0.15) is 0 Å². The van der Waals surface area contributed by atoms with Crippen molar-refractivity contribution < 1.29 is 9.90 Å². The van der Waals surface area contributed by atoms with E-state index in [1.165, 1.54) is 16.9 Å². The fourth-order valence-electron chi connectivity index (χ4n) is 1.51. The second-order valence-electron chi connectivity index (χ2n) is 3.05. The number of carboxylic acid groups (broad SMARTS) is 1. The Hall–Kier alpha value is -0.580. The van der Waals surface area contributed by atoms with Gasteiger partial charge in [-0.05, 0) is 10.9 Å². The van der Waals surface area contributed by atoms with E-state index in [2.05, 4.69) is 0 Å². The number of aliphatic carboxylic acids is 1. The third-order valence-electron chi connectivity index (χ3n) is 2.06. The number of hydrogen-bond donors (Lipinski definition) is 1. The molecule has 2 heterocycles. The fourth-order valence-corrected chi connectivity index (χ4v) is 2.63. The van der Waals surface area contributed by atoms with Crippen LogP contribution in [0.15, 0.2) is 5.38 Å². The Balaban J connectivity index is 2.10. The van der Waals surface area contributed by atoms with Crippen LogP contribution < -0.4 is 0 Å². The van der Waals surface area contributed by atoms with Crippen LogP contribution in [0.3, 0.4) is 0 Å². The largest absolute Gasteiger partial charge is 0.480 e. The van der Waals surface area contributed by atoms with Crippen molar-refractivity contribution in [1.82, 2.24) is 4.90 Å². The van der Waals surface area contributed by atoms with Crippen molar-refractivity contribution in [1.29, 1.82) is 0 Å². The second kappa shape index (κ2) is 3.29. The summed E-state index contributed by atoms with van der Waals surface area (Å²) in [5.74, 6) is -0.787. The minimum Gasteiger partial charge on any atom is -0.480 e. The SMILES string of the molecule is O=C(O)CN1Cc2csc(Cl)c2C1. The van der Waals surface area contributed by atoms with E-state index in [4.69, 9.17) is 16.7 Å². The molecule has 1 aliphatic rings. The van der Waals surface area contributed by atoms with Gasteiger partial charge in [0.05, 0.1) is 10.9 Å². The van der Waals surface area contributed by atoms with E-state index in [1.807, 2.05) is 10.3 Å². The highest BCUT2D eigenvalue weighted by Crippen LogP contribution is 2.34. The van der Waals surface area contributed by atoms with E-state index in [0.29, 0.717) is 13.1 Å². The third-order valence-corrected chi connectivity index (χ3v) is 3.42. The summed E-state index contributed by atoms with van der Waals surface area (Å²) in [4.78, 5) is 12.3. The summed E-state index contributed by atoms with van der Waals surface area (Å²) in [6.07, 6.45) is 0. The van der Waals surface area contributed by atoms with Gasteiger partial charge < -0.3 is 5.11 Å². The van der Waals surface area contributed by atoms with Crippen molar-refractivity contribution in [2.24, 2.45) is 0 Å². The predicted molar refractivity (Wildman–Crippen MR) is 51.1 cm³/mol. The number of carboxylic acids is 1. The molecule has 0 saturated heterocycles. The van der Waals surface area contributed by atoms with Gasteiger partial charge in [-0.3, -0.25) is 9.69 Å². The Labute approximate surface area is 84.5 Å². The number of halogens is 1. The number of hydrogen-bond acceptors (Lipinski definition) is 3. The van der Waals surface area contributed by atoms with Crippen LogP contribution in [0.1, 0.15) is 11.1 Å². The smallest absolute Gasteiger partial charge is 0.317 e. The zero-order valence-corrected chi connectivity index (χ0v) is 8.36. The van der Waals surface area contributed by atoms with Crippen LogP contribution in [-0.4, -0.2) is 22.5 Å². The second-order valence-corrected chi connectivity index (χ2v) is 4.53. The van der Waals surface area contributed by atoms with Crippen LogP contribution in [0.5, 0.6) is 0 Å². The fraction of sp³-hybridized carbons (Fsp3) is 0.375. The van der Waals surface area contributed by atoms with Gasteiger partial charge in [0.1, 0.15) is 0 Å². The Morgan fingerprint density at radius 3 is 3.08 bits per heavy atom. The van der Waals surface area contributed by atoms with Crippen molar-refractivity contribution in [2.75, 3.05) is 6.54 Å². The standard InChI is InChI=1S/C8H8ClNO2S/c9-8-6-2-10(3-7(11)12)1-5(6)4-13-8/h4H,1-3H2,(H,11,12). The van der Waals surface area contributed by atoms with Crippen molar-refractivity contribution in [3.8, 4) is 0 Å². The monoisotopic (exact) mass is 217 g/mol. The van der Waals surface area contributed by atoms with Crippen LogP contribution >= 0.6 is 22.9 Å². The maximum Gasteiger partial charge on any atom is 0.317 e. The number of thiophene rings is 1. The molecule has 5 heteroatoms. The lowest BCUT2D eigenvalue weighted by atomic mass is 10.2. The van der Waals surface area contributed by atoms with Crippen LogP contribution in [0, 0.1) is 0 Å². The zero-order valence-electron chi connectivity index (χ0n) is 6.79. The average Bonchev–Trinajstić information content (AvgIpc) is 2.53. The maximum absolute atomic E-state index is 10.4. The molecule has 1 aromatic rings. The van der Waals surface area contributed by atoms with Gasteiger partial charge in [0.2, 0.25) is 0 Å². The molecule has 13 heavy (non-hydrogen) atoms. The minimum absolute atomic E-state index is 0.0929. The van der Waals surface area contributed by atoms with E-state index in [9.17, 15) is 4.79 Å². The first-order valence-corrected chi connectivity index (χ1v) is 5.11. The van der Waals surface area contributed by atoms with Gasteiger partial charge in [-0.25, -0.2) is 0 Å². The first-order chi connectivity index (χ1) is 6.16. The third kappa shape index (κ3) is 1.70. The first-order valence-electron chi connectivity index (χ1n) is 3.85. The summed E-state index contributed by atoms with van der Waals surface area (Å²) >= 11 is 7.45. The van der Waals surface area contributed by atoms with E-state index in [-0.39, 0.29) is 6.54 Å². The first kappa shape index (κ1) is 8.99. The molecule has 3 nitrogen and oxygen atoms in total. The number of nitrogens with zero attached hydrogens (tertiary/aromatic N) is 1. The van der Waals surface area contributed by atoms with Crippen LogP contribution in [0.25, 0.3) is 0 Å². The lowest BCUT2D eigenvalue weighted by Crippen LogP contribution is -2.24. The molecular formula is C8H8ClNO2S. The average molecular weight is 218 g/mol. The molecule has 2 rings (SSSR count). The Morgan fingerprint density at radius 2 is 2.46 bits per heavy atom. The van der Waals surface area contributed by atoms with Crippen molar-refractivity contribution in [2.45, 2.75) is 13.1 Å². The summed E-state index contributed by atoms with van der Waals surface area (Å²) in [6, 6.07) is 0. The predicted octanol–water partition coefficient (Wildman–Crippen LogP) is 1.80. The zero-order chi connectivity index (χ0) is 9.42. The van der Waals surface area contributed by atoms with Gasteiger partial charge in [-0.1, -0.05) is 11.6 Å². The minimum atomic E-state index is -0.787. The van der Waals surface area contributed by atoms with Crippen molar-refractivity contribution >= 4 is 28.9 Å². The molecule has 0 spiro atoms. The molecule has 0 radical (unpaired) electrons. The lowest BCUT2D eigenvalue weighted by Gasteiger charge is -2.10. The summed E-state index contributed by atoms with van der Waals surface area (Å²) in [5.41, 5.74) is 2.28. The highest BCUT2D eigenvalue weighted by molar-refractivity contribution is 7.14. The van der Waals surface area contributed by atoms with E-state index in [1.54, 1.807) is 0 Å². The molecule has 70 valence electrons. The summed E-state index contributed by atoms with van der Waals surface area (Å²) in [7, 11) is 0. The molecule has 0 aromatic carbocycles. The lowest BCUT2D eigenvalue weighted by molar-refractivity contribution is -0.138. The molecule has 1 aliphatic heterocycles. The summed E-state index contributed by atoms with van der Waals surface area (Å²) in [5, 5.41) is 10.6. The number of rotatable bonds is 2. The van der Waals surface area contributed by atoms with Gasteiger partial charge in [0, 0.05) is 18.7 Å². The molecule has 1 N–H and O–H groups in total. The molecule has 0 fully saturated rings. The molecular weight excluding hydrogens is 210 g/mol. The summed E-state index contributed by atoms with van der Waals surface area (Å²) < 4.78 is 0.794. The Bertz CT molecular complexity index is 350. The van der Waals surface area contributed by atoms with Crippen molar-refractivity contribution in [3.63, 3.8) is 0 Å². The normalized spacial score (nSPS) is 16.1. The number of fused-ring (bicyclic) bond motifs is 1. The quantitative estimate of drug-likeness (QED) is 0.822. The van der Waals surface area contributed by atoms with Gasteiger partial charge in [0.15, 0.2) is 0 Å². The maximum atomic E-state index is 10.4.